The number of carbonyl (C=O) groups is 1. The Morgan fingerprint density at radius 1 is 1.53 bits per heavy atom. The van der Waals surface area contributed by atoms with Gasteiger partial charge < -0.3 is 15.8 Å². The monoisotopic (exact) mass is 271 g/mol. The van der Waals surface area contributed by atoms with E-state index in [1.807, 2.05) is 13.8 Å². The molecule has 19 heavy (non-hydrogen) atoms. The van der Waals surface area contributed by atoms with Crippen molar-refractivity contribution in [1.82, 2.24) is 10.2 Å². The molecule has 3 unspecified atom stereocenters. The van der Waals surface area contributed by atoms with Gasteiger partial charge in [-0.25, -0.2) is 0 Å². The summed E-state index contributed by atoms with van der Waals surface area (Å²) in [6, 6.07) is -0.0667. The van der Waals surface area contributed by atoms with Gasteiger partial charge in [0.15, 0.2) is 0 Å². The second-order valence-corrected chi connectivity index (χ2v) is 6.39. The maximum Gasteiger partial charge on any atom is 0.239 e. The Bertz CT molecular complexity index is 300. The molecule has 0 aromatic carbocycles. The van der Waals surface area contributed by atoms with Gasteiger partial charge >= 0.3 is 0 Å². The van der Waals surface area contributed by atoms with Gasteiger partial charge in [0.05, 0.1) is 13.2 Å². The van der Waals surface area contributed by atoms with E-state index < -0.39 is 0 Å². The highest BCUT2D eigenvalue weighted by Crippen LogP contribution is 2.29. The van der Waals surface area contributed by atoms with Crippen molar-refractivity contribution in [2.75, 3.05) is 26.3 Å². The number of rotatable bonds is 4. The molecule has 5 nitrogen and oxygen atoms in total. The van der Waals surface area contributed by atoms with Crippen LogP contribution >= 0.6 is 0 Å². The van der Waals surface area contributed by atoms with Crippen LogP contribution in [0.5, 0.6) is 0 Å². The molecule has 0 bridgehead atoms. The van der Waals surface area contributed by atoms with Crippen LogP contribution in [0.2, 0.25) is 0 Å². The first-order valence-electron chi connectivity index (χ1n) is 7.15. The van der Waals surface area contributed by atoms with Crippen LogP contribution in [0.1, 0.15) is 34.6 Å². The third kappa shape index (κ3) is 4.16. The number of ether oxygens (including phenoxy) is 1. The quantitative estimate of drug-likeness (QED) is 0.785. The van der Waals surface area contributed by atoms with Crippen molar-refractivity contribution in [3.05, 3.63) is 0 Å². The molecule has 1 aliphatic rings. The first-order valence-corrected chi connectivity index (χ1v) is 7.15. The lowest BCUT2D eigenvalue weighted by Gasteiger charge is -2.47. The van der Waals surface area contributed by atoms with Gasteiger partial charge in [-0.3, -0.25) is 9.69 Å². The molecule has 3 N–H and O–H groups in total. The van der Waals surface area contributed by atoms with Gasteiger partial charge in [0, 0.05) is 25.2 Å². The number of nitrogens with zero attached hydrogens (tertiary/aromatic N) is 1. The number of nitrogens with two attached hydrogens (primary N) is 1. The van der Waals surface area contributed by atoms with Crippen molar-refractivity contribution in [2.45, 2.75) is 52.7 Å². The van der Waals surface area contributed by atoms with Crippen molar-refractivity contribution >= 4 is 5.91 Å². The number of carbonyl (C=O) groups excluding carboxylic acids is 1. The first kappa shape index (κ1) is 16.4. The van der Waals surface area contributed by atoms with Gasteiger partial charge in [-0.2, -0.15) is 0 Å². The lowest BCUT2D eigenvalue weighted by molar-refractivity contribution is -0.137. The summed E-state index contributed by atoms with van der Waals surface area (Å²) in [5.41, 5.74) is 6.20. The third-order valence-electron chi connectivity index (χ3n) is 3.57. The zero-order valence-electron chi connectivity index (χ0n) is 12.9. The standard InChI is InChI=1S/C14H29N3O2/c1-6-16-13(18)11-9-19-8-7-17(11)12(10(2)15)14(3,4)5/h10-12H,6-9,15H2,1-5H3,(H,16,18). The summed E-state index contributed by atoms with van der Waals surface area (Å²) in [6.07, 6.45) is 0. The number of nitrogens with one attached hydrogen (secondary N) is 1. The summed E-state index contributed by atoms with van der Waals surface area (Å²) in [5, 5.41) is 2.89. The van der Waals surface area contributed by atoms with Gasteiger partial charge in [0.25, 0.3) is 0 Å². The van der Waals surface area contributed by atoms with Crippen LogP contribution in [-0.2, 0) is 9.53 Å². The summed E-state index contributed by atoms with van der Waals surface area (Å²) in [6.45, 7) is 13.0. The Labute approximate surface area is 116 Å². The molecule has 1 heterocycles. The Morgan fingerprint density at radius 2 is 2.16 bits per heavy atom. The summed E-state index contributed by atoms with van der Waals surface area (Å²) >= 11 is 0. The van der Waals surface area contributed by atoms with E-state index in [0.29, 0.717) is 19.8 Å². The molecule has 1 amide bonds. The predicted octanol–water partition coefficient (Wildman–Crippen LogP) is 0.585. The van der Waals surface area contributed by atoms with E-state index in [9.17, 15) is 4.79 Å². The Balaban J connectivity index is 2.93. The van der Waals surface area contributed by atoms with E-state index >= 15 is 0 Å². The van der Waals surface area contributed by atoms with Gasteiger partial charge in [-0.1, -0.05) is 20.8 Å². The van der Waals surface area contributed by atoms with E-state index in [2.05, 4.69) is 31.0 Å². The SMILES string of the molecule is CCNC(=O)C1COCCN1C(C(C)N)C(C)(C)C. The van der Waals surface area contributed by atoms with Crippen LogP contribution in [0.4, 0.5) is 0 Å². The summed E-state index contributed by atoms with van der Waals surface area (Å²) in [5.74, 6) is 0.0390. The van der Waals surface area contributed by atoms with Crippen LogP contribution in [-0.4, -0.2) is 55.2 Å². The van der Waals surface area contributed by atoms with Gasteiger partial charge in [-0.05, 0) is 19.3 Å². The number of hydrogen-bond donors (Lipinski definition) is 2. The third-order valence-corrected chi connectivity index (χ3v) is 3.57. The van der Waals surface area contributed by atoms with E-state index in [1.54, 1.807) is 0 Å². The average molecular weight is 271 g/mol. The number of likely N-dealkylation sites (N-methyl/N-ethyl adjacent to an activating group) is 1. The second kappa shape index (κ2) is 6.68. The molecule has 1 fully saturated rings. The predicted molar refractivity (Wildman–Crippen MR) is 76.9 cm³/mol. The maximum atomic E-state index is 12.2. The molecule has 3 atom stereocenters. The molecule has 0 spiro atoms. The average Bonchev–Trinajstić information content (AvgIpc) is 2.27. The van der Waals surface area contributed by atoms with Crippen LogP contribution < -0.4 is 11.1 Å². The van der Waals surface area contributed by atoms with Crippen LogP contribution in [0.15, 0.2) is 0 Å². The van der Waals surface area contributed by atoms with E-state index in [1.165, 1.54) is 0 Å². The van der Waals surface area contributed by atoms with Gasteiger partial charge in [0.1, 0.15) is 6.04 Å². The highest BCUT2D eigenvalue weighted by molar-refractivity contribution is 5.82. The van der Waals surface area contributed by atoms with Crippen molar-refractivity contribution in [2.24, 2.45) is 11.1 Å². The minimum Gasteiger partial charge on any atom is -0.378 e. The fourth-order valence-electron chi connectivity index (χ4n) is 3.06. The fourth-order valence-corrected chi connectivity index (χ4v) is 3.06. The van der Waals surface area contributed by atoms with Crippen molar-refractivity contribution < 1.29 is 9.53 Å². The molecule has 0 radical (unpaired) electrons. The van der Waals surface area contributed by atoms with Crippen molar-refractivity contribution in [3.8, 4) is 0 Å². The normalized spacial score (nSPS) is 24.8. The van der Waals surface area contributed by atoms with Crippen LogP contribution in [0, 0.1) is 5.41 Å². The fraction of sp³-hybridized carbons (Fsp3) is 0.929. The highest BCUT2D eigenvalue weighted by Gasteiger charge is 2.40. The molecular weight excluding hydrogens is 242 g/mol. The maximum absolute atomic E-state index is 12.2. The molecule has 1 rings (SSSR count). The lowest BCUT2D eigenvalue weighted by Crippen LogP contribution is -2.64. The molecule has 112 valence electrons. The number of amides is 1. The summed E-state index contributed by atoms with van der Waals surface area (Å²) < 4.78 is 5.48. The van der Waals surface area contributed by atoms with E-state index in [-0.39, 0.29) is 29.4 Å². The van der Waals surface area contributed by atoms with Gasteiger partial charge in [-0.15, -0.1) is 0 Å². The summed E-state index contributed by atoms with van der Waals surface area (Å²) in [7, 11) is 0. The molecule has 0 aromatic heterocycles. The first-order chi connectivity index (χ1) is 8.79. The largest absolute Gasteiger partial charge is 0.378 e. The van der Waals surface area contributed by atoms with Gasteiger partial charge in [0.2, 0.25) is 5.91 Å². The highest BCUT2D eigenvalue weighted by atomic mass is 16.5. The Morgan fingerprint density at radius 3 is 2.63 bits per heavy atom. The van der Waals surface area contributed by atoms with Crippen molar-refractivity contribution in [1.29, 1.82) is 0 Å². The molecule has 0 aromatic rings. The lowest BCUT2D eigenvalue weighted by atomic mass is 9.81. The van der Waals surface area contributed by atoms with Crippen LogP contribution in [0.25, 0.3) is 0 Å². The zero-order valence-corrected chi connectivity index (χ0v) is 12.9. The van der Waals surface area contributed by atoms with E-state index in [0.717, 1.165) is 6.54 Å². The molecule has 5 heteroatoms. The molecule has 1 aliphatic heterocycles. The smallest absolute Gasteiger partial charge is 0.239 e. The number of hydrogen-bond acceptors (Lipinski definition) is 4. The second-order valence-electron chi connectivity index (χ2n) is 6.39. The molecular formula is C14H29N3O2. The van der Waals surface area contributed by atoms with Crippen LogP contribution in [0.3, 0.4) is 0 Å². The Kier molecular flexibility index (Phi) is 5.77. The summed E-state index contributed by atoms with van der Waals surface area (Å²) in [4.78, 5) is 14.4. The zero-order chi connectivity index (χ0) is 14.6. The molecule has 1 saturated heterocycles. The topological polar surface area (TPSA) is 67.6 Å². The minimum absolute atomic E-state index is 0.00928. The van der Waals surface area contributed by atoms with E-state index in [4.69, 9.17) is 10.5 Å². The Hall–Kier alpha value is -0.650. The molecule has 0 aliphatic carbocycles. The minimum atomic E-state index is -0.232. The number of morpholine rings is 1. The molecule has 0 saturated carbocycles. The van der Waals surface area contributed by atoms with Crippen molar-refractivity contribution in [3.63, 3.8) is 0 Å².